The molecule has 3 rings (SSSR count). The summed E-state index contributed by atoms with van der Waals surface area (Å²) in [5, 5.41) is 6.24. The fraction of sp³-hybridized carbons (Fsp3) is 0.765. The van der Waals surface area contributed by atoms with Crippen LogP contribution in [0.4, 0.5) is 5.13 Å². The fourth-order valence-corrected chi connectivity index (χ4v) is 4.27. The molecular weight excluding hydrogens is 324 g/mol. The summed E-state index contributed by atoms with van der Waals surface area (Å²) in [7, 11) is 1.73. The molecule has 1 N–H and O–H groups in total. The van der Waals surface area contributed by atoms with Gasteiger partial charge >= 0.3 is 0 Å². The van der Waals surface area contributed by atoms with E-state index in [2.05, 4.69) is 25.5 Å². The molecule has 0 aromatic carbocycles. The van der Waals surface area contributed by atoms with E-state index in [-0.39, 0.29) is 11.8 Å². The van der Waals surface area contributed by atoms with Crippen molar-refractivity contribution in [3.63, 3.8) is 0 Å². The lowest BCUT2D eigenvalue weighted by atomic mass is 9.96. The highest BCUT2D eigenvalue weighted by molar-refractivity contribution is 7.13. The molecule has 1 aromatic heterocycles. The predicted octanol–water partition coefficient (Wildman–Crippen LogP) is 1.72. The number of hydrogen-bond acceptors (Lipinski definition) is 6. The van der Waals surface area contributed by atoms with Gasteiger partial charge < -0.3 is 19.9 Å². The number of likely N-dealkylation sites (tertiary alicyclic amines) is 1. The highest BCUT2D eigenvalue weighted by Crippen LogP contribution is 2.24. The molecule has 0 unspecified atom stereocenters. The number of amides is 1. The second-order valence-electron chi connectivity index (χ2n) is 6.64. The molecule has 0 spiro atoms. The van der Waals surface area contributed by atoms with E-state index in [9.17, 15) is 4.79 Å². The first kappa shape index (κ1) is 17.6. The zero-order chi connectivity index (χ0) is 16.8. The van der Waals surface area contributed by atoms with Crippen molar-refractivity contribution in [1.82, 2.24) is 15.2 Å². The Hall–Kier alpha value is -1.18. The van der Waals surface area contributed by atoms with E-state index in [4.69, 9.17) is 4.74 Å². The van der Waals surface area contributed by atoms with Crippen LogP contribution in [0.1, 0.15) is 31.4 Å². The van der Waals surface area contributed by atoms with Gasteiger partial charge in [-0.2, -0.15) is 0 Å². The molecule has 6 nitrogen and oxygen atoms in total. The molecule has 3 heterocycles. The van der Waals surface area contributed by atoms with Gasteiger partial charge in [0.2, 0.25) is 5.91 Å². The number of hydrogen-bond donors (Lipinski definition) is 1. The lowest BCUT2D eigenvalue weighted by Crippen LogP contribution is -2.41. The van der Waals surface area contributed by atoms with Gasteiger partial charge in [0.05, 0.1) is 18.8 Å². The average Bonchev–Trinajstić information content (AvgIpc) is 3.29. The minimum absolute atomic E-state index is 0.139. The maximum atomic E-state index is 12.4. The molecule has 0 bridgehead atoms. The number of thiazole rings is 1. The van der Waals surface area contributed by atoms with Crippen molar-refractivity contribution in [2.75, 3.05) is 51.3 Å². The number of ether oxygens (including phenoxy) is 1. The zero-order valence-electron chi connectivity index (χ0n) is 14.5. The van der Waals surface area contributed by atoms with E-state index >= 15 is 0 Å². The number of rotatable bonds is 7. The van der Waals surface area contributed by atoms with E-state index in [0.29, 0.717) is 6.54 Å². The Labute approximate surface area is 148 Å². The maximum absolute atomic E-state index is 12.4. The molecule has 2 aliphatic heterocycles. The quantitative estimate of drug-likeness (QED) is 0.810. The molecule has 1 amide bonds. The minimum Gasteiger partial charge on any atom is -0.383 e. The molecule has 2 aliphatic rings. The van der Waals surface area contributed by atoms with Gasteiger partial charge in [-0.05, 0) is 38.8 Å². The number of nitrogens with one attached hydrogen (secondary N) is 1. The van der Waals surface area contributed by atoms with Gasteiger partial charge in [0.1, 0.15) is 0 Å². The van der Waals surface area contributed by atoms with Gasteiger partial charge in [-0.3, -0.25) is 4.79 Å². The first-order valence-electron chi connectivity index (χ1n) is 8.94. The van der Waals surface area contributed by atoms with Crippen molar-refractivity contribution in [2.45, 2.75) is 32.2 Å². The van der Waals surface area contributed by atoms with Crippen LogP contribution in [0.5, 0.6) is 0 Å². The van der Waals surface area contributed by atoms with Crippen LogP contribution in [0.25, 0.3) is 0 Å². The van der Waals surface area contributed by atoms with Gasteiger partial charge in [-0.25, -0.2) is 4.98 Å². The molecule has 2 saturated heterocycles. The summed E-state index contributed by atoms with van der Waals surface area (Å²) in [6.07, 6.45) is 4.39. The number of carbonyl (C=O) groups excluding carboxylic acids is 1. The molecule has 0 radical (unpaired) electrons. The van der Waals surface area contributed by atoms with Gasteiger partial charge in [0.15, 0.2) is 5.13 Å². The number of nitrogens with zero attached hydrogens (tertiary/aromatic N) is 3. The summed E-state index contributed by atoms with van der Waals surface area (Å²) >= 11 is 1.69. The molecule has 0 saturated carbocycles. The first-order valence-corrected chi connectivity index (χ1v) is 9.82. The Kier molecular flexibility index (Phi) is 6.45. The predicted molar refractivity (Wildman–Crippen MR) is 96.4 cm³/mol. The van der Waals surface area contributed by atoms with Crippen LogP contribution in [0.2, 0.25) is 0 Å². The Morgan fingerprint density at radius 3 is 2.79 bits per heavy atom. The number of piperidine rings is 1. The molecular formula is C17H28N4O2S. The SMILES string of the molecule is COCCN1CCC(C(=O)NCc2csc(N3CCCC3)n2)CC1. The third kappa shape index (κ3) is 4.68. The highest BCUT2D eigenvalue weighted by Gasteiger charge is 2.24. The molecule has 0 aliphatic carbocycles. The first-order chi connectivity index (χ1) is 11.8. The third-order valence-corrected chi connectivity index (χ3v) is 5.88. The van der Waals surface area contributed by atoms with E-state index in [0.717, 1.165) is 63.0 Å². The smallest absolute Gasteiger partial charge is 0.223 e. The van der Waals surface area contributed by atoms with Gasteiger partial charge in [0.25, 0.3) is 0 Å². The second-order valence-corrected chi connectivity index (χ2v) is 7.48. The van der Waals surface area contributed by atoms with Crippen LogP contribution in [0.3, 0.4) is 0 Å². The van der Waals surface area contributed by atoms with Gasteiger partial charge in [-0.1, -0.05) is 0 Å². The topological polar surface area (TPSA) is 57.7 Å². The summed E-state index contributed by atoms with van der Waals surface area (Å²) in [4.78, 5) is 21.7. The molecule has 1 aromatic rings. The zero-order valence-corrected chi connectivity index (χ0v) is 15.3. The molecule has 24 heavy (non-hydrogen) atoms. The maximum Gasteiger partial charge on any atom is 0.223 e. The summed E-state index contributed by atoms with van der Waals surface area (Å²) in [6.45, 7) is 6.46. The Morgan fingerprint density at radius 2 is 2.08 bits per heavy atom. The monoisotopic (exact) mass is 352 g/mol. The largest absolute Gasteiger partial charge is 0.383 e. The highest BCUT2D eigenvalue weighted by atomic mass is 32.1. The van der Waals surface area contributed by atoms with Crippen molar-refractivity contribution in [3.8, 4) is 0 Å². The molecule has 0 atom stereocenters. The third-order valence-electron chi connectivity index (χ3n) is 4.93. The van der Waals surface area contributed by atoms with Crippen LogP contribution in [-0.2, 0) is 16.1 Å². The van der Waals surface area contributed by atoms with E-state index in [1.807, 2.05) is 0 Å². The van der Waals surface area contributed by atoms with Crippen molar-refractivity contribution in [3.05, 3.63) is 11.1 Å². The van der Waals surface area contributed by atoms with Crippen LogP contribution in [0.15, 0.2) is 5.38 Å². The van der Waals surface area contributed by atoms with E-state index < -0.39 is 0 Å². The van der Waals surface area contributed by atoms with Crippen LogP contribution in [0, 0.1) is 5.92 Å². The lowest BCUT2D eigenvalue weighted by molar-refractivity contribution is -0.126. The van der Waals surface area contributed by atoms with E-state index in [1.165, 1.54) is 12.8 Å². The minimum atomic E-state index is 0.139. The number of methoxy groups -OCH3 is 1. The van der Waals surface area contributed by atoms with Gasteiger partial charge in [0, 0.05) is 38.0 Å². The van der Waals surface area contributed by atoms with Crippen LogP contribution in [-0.4, -0.2) is 62.2 Å². The molecule has 7 heteroatoms. The Balaban J connectivity index is 1.39. The average molecular weight is 353 g/mol. The lowest BCUT2D eigenvalue weighted by Gasteiger charge is -2.30. The second kappa shape index (κ2) is 8.78. The van der Waals surface area contributed by atoms with Crippen molar-refractivity contribution in [1.29, 1.82) is 0 Å². The van der Waals surface area contributed by atoms with Crippen molar-refractivity contribution < 1.29 is 9.53 Å². The number of carbonyl (C=O) groups is 1. The van der Waals surface area contributed by atoms with Crippen molar-refractivity contribution in [2.24, 2.45) is 5.92 Å². The summed E-state index contributed by atoms with van der Waals surface area (Å²) in [6, 6.07) is 0. The van der Waals surface area contributed by atoms with Gasteiger partial charge in [-0.15, -0.1) is 11.3 Å². The number of aromatic nitrogens is 1. The van der Waals surface area contributed by atoms with Crippen molar-refractivity contribution >= 4 is 22.4 Å². The summed E-state index contributed by atoms with van der Waals surface area (Å²) in [5.41, 5.74) is 0.979. The molecule has 134 valence electrons. The Morgan fingerprint density at radius 1 is 1.33 bits per heavy atom. The van der Waals surface area contributed by atoms with E-state index in [1.54, 1.807) is 18.4 Å². The summed E-state index contributed by atoms with van der Waals surface area (Å²) < 4.78 is 5.11. The standard InChI is InChI=1S/C17H28N4O2S/c1-23-11-10-20-8-4-14(5-9-20)16(22)18-12-15-13-24-17(19-15)21-6-2-3-7-21/h13-14H,2-12H2,1H3,(H,18,22). The van der Waals surface area contributed by atoms with Crippen LogP contribution < -0.4 is 10.2 Å². The number of anilines is 1. The Bertz CT molecular complexity index is 522. The fourth-order valence-electron chi connectivity index (χ4n) is 3.39. The summed E-state index contributed by atoms with van der Waals surface area (Å²) in [5.74, 6) is 0.317. The normalized spacial score (nSPS) is 19.8. The molecule has 2 fully saturated rings. The van der Waals surface area contributed by atoms with Crippen LogP contribution >= 0.6 is 11.3 Å².